The molecule has 2 N–H and O–H groups in total. The van der Waals surface area contributed by atoms with E-state index in [4.69, 9.17) is 5.73 Å². The zero-order valence-corrected chi connectivity index (χ0v) is 13.5. The summed E-state index contributed by atoms with van der Waals surface area (Å²) >= 11 is 0. The van der Waals surface area contributed by atoms with Gasteiger partial charge in [-0.25, -0.2) is 0 Å². The summed E-state index contributed by atoms with van der Waals surface area (Å²) in [5, 5.41) is 0. The van der Waals surface area contributed by atoms with Gasteiger partial charge in [0.1, 0.15) is 0 Å². The van der Waals surface area contributed by atoms with Crippen LogP contribution in [0.1, 0.15) is 59.3 Å². The lowest BCUT2D eigenvalue weighted by Crippen LogP contribution is -2.34. The molecule has 2 aliphatic rings. The molecule has 0 heterocycles. The summed E-state index contributed by atoms with van der Waals surface area (Å²) in [6.07, 6.45) is 8.34. The largest absolute Gasteiger partial charge is 0.328 e. The number of hydrogen-bond acceptors (Lipinski definition) is 2. The maximum Gasteiger partial charge on any atom is 0.00559 e. The molecule has 112 valence electrons. The fourth-order valence-corrected chi connectivity index (χ4v) is 4.37. The molecule has 0 aromatic heterocycles. The average molecular weight is 266 g/mol. The van der Waals surface area contributed by atoms with Crippen molar-refractivity contribution in [3.8, 4) is 0 Å². The minimum Gasteiger partial charge on any atom is -0.328 e. The van der Waals surface area contributed by atoms with Gasteiger partial charge in [0.05, 0.1) is 0 Å². The Kier molecular flexibility index (Phi) is 4.94. The first-order chi connectivity index (χ1) is 8.83. The third kappa shape index (κ3) is 4.75. The van der Waals surface area contributed by atoms with Crippen molar-refractivity contribution in [2.75, 3.05) is 20.1 Å². The Balaban J connectivity index is 1.63. The number of nitrogens with zero attached hydrogens (tertiary/aromatic N) is 1. The van der Waals surface area contributed by atoms with Gasteiger partial charge >= 0.3 is 0 Å². The van der Waals surface area contributed by atoms with E-state index in [1.54, 1.807) is 0 Å². The van der Waals surface area contributed by atoms with Gasteiger partial charge in [-0.1, -0.05) is 27.2 Å². The third-order valence-corrected chi connectivity index (χ3v) is 5.19. The molecule has 0 radical (unpaired) electrons. The summed E-state index contributed by atoms with van der Waals surface area (Å²) in [5.74, 6) is 3.12. The Bertz CT molecular complexity index is 281. The highest BCUT2D eigenvalue weighted by molar-refractivity contribution is 4.91. The van der Waals surface area contributed by atoms with Gasteiger partial charge in [0, 0.05) is 12.6 Å². The van der Waals surface area contributed by atoms with Gasteiger partial charge in [-0.3, -0.25) is 0 Å². The molecular formula is C17H34N2. The first-order valence-corrected chi connectivity index (χ1v) is 8.27. The highest BCUT2D eigenvalue weighted by atomic mass is 15.1. The van der Waals surface area contributed by atoms with E-state index in [2.05, 4.69) is 32.7 Å². The van der Waals surface area contributed by atoms with E-state index in [1.165, 1.54) is 38.8 Å². The molecule has 2 nitrogen and oxygen atoms in total. The lowest BCUT2D eigenvalue weighted by molar-refractivity contribution is 0.209. The molecule has 0 spiro atoms. The molecule has 4 unspecified atom stereocenters. The van der Waals surface area contributed by atoms with E-state index in [0.29, 0.717) is 11.5 Å². The van der Waals surface area contributed by atoms with Gasteiger partial charge < -0.3 is 10.6 Å². The number of fused-ring (bicyclic) bond motifs is 2. The Labute approximate surface area is 120 Å². The fraction of sp³-hybridized carbons (Fsp3) is 1.00. The topological polar surface area (TPSA) is 29.3 Å². The Morgan fingerprint density at radius 2 is 1.95 bits per heavy atom. The van der Waals surface area contributed by atoms with Crippen LogP contribution in [0.3, 0.4) is 0 Å². The monoisotopic (exact) mass is 266 g/mol. The van der Waals surface area contributed by atoms with Crippen LogP contribution in [0, 0.1) is 23.2 Å². The van der Waals surface area contributed by atoms with Crippen molar-refractivity contribution >= 4 is 0 Å². The van der Waals surface area contributed by atoms with Crippen LogP contribution >= 0.6 is 0 Å². The summed E-state index contributed by atoms with van der Waals surface area (Å²) in [6, 6.07) is 0.363. The molecule has 0 aromatic rings. The molecule has 0 aliphatic heterocycles. The van der Waals surface area contributed by atoms with E-state index in [-0.39, 0.29) is 0 Å². The van der Waals surface area contributed by atoms with Gasteiger partial charge in [-0.15, -0.1) is 0 Å². The van der Waals surface area contributed by atoms with Crippen molar-refractivity contribution in [1.29, 1.82) is 0 Å². The van der Waals surface area contributed by atoms with Gasteiger partial charge in [-0.2, -0.15) is 0 Å². The first-order valence-electron chi connectivity index (χ1n) is 8.27. The number of hydrogen-bond donors (Lipinski definition) is 1. The van der Waals surface area contributed by atoms with Crippen LogP contribution in [0.25, 0.3) is 0 Å². The maximum atomic E-state index is 6.25. The molecule has 2 rings (SSSR count). The molecule has 2 bridgehead atoms. The lowest BCUT2D eigenvalue weighted by atomic mass is 9.87. The predicted molar refractivity (Wildman–Crippen MR) is 83.1 cm³/mol. The standard InChI is InChI=1S/C17H34N2/c1-17(2,3)11-16(18)7-8-19(4)12-15-10-13-5-6-14(15)9-13/h13-16H,5-12,18H2,1-4H3. The van der Waals surface area contributed by atoms with Crippen molar-refractivity contribution in [1.82, 2.24) is 4.90 Å². The van der Waals surface area contributed by atoms with Crippen LogP contribution in [0.4, 0.5) is 0 Å². The van der Waals surface area contributed by atoms with Crippen LogP contribution in [-0.4, -0.2) is 31.1 Å². The Morgan fingerprint density at radius 3 is 2.47 bits per heavy atom. The fourth-order valence-electron chi connectivity index (χ4n) is 4.37. The van der Waals surface area contributed by atoms with E-state index < -0.39 is 0 Å². The molecule has 4 atom stereocenters. The summed E-state index contributed by atoms with van der Waals surface area (Å²) in [7, 11) is 2.29. The molecule has 2 heteroatoms. The second kappa shape index (κ2) is 6.13. The van der Waals surface area contributed by atoms with Crippen molar-refractivity contribution in [2.45, 2.75) is 65.3 Å². The highest BCUT2D eigenvalue weighted by Gasteiger charge is 2.39. The smallest absolute Gasteiger partial charge is 0.00559 e. The summed E-state index contributed by atoms with van der Waals surface area (Å²) in [4.78, 5) is 2.54. The zero-order valence-electron chi connectivity index (χ0n) is 13.5. The van der Waals surface area contributed by atoms with Crippen LogP contribution in [-0.2, 0) is 0 Å². The van der Waals surface area contributed by atoms with Crippen molar-refractivity contribution in [3.05, 3.63) is 0 Å². The van der Waals surface area contributed by atoms with E-state index >= 15 is 0 Å². The summed E-state index contributed by atoms with van der Waals surface area (Å²) in [5.41, 5.74) is 6.61. The first kappa shape index (κ1) is 15.3. The number of nitrogens with two attached hydrogens (primary N) is 1. The summed E-state index contributed by atoms with van der Waals surface area (Å²) in [6.45, 7) is 9.33. The van der Waals surface area contributed by atoms with E-state index in [1.807, 2.05) is 0 Å². The van der Waals surface area contributed by atoms with Crippen LogP contribution in [0.15, 0.2) is 0 Å². The average Bonchev–Trinajstić information content (AvgIpc) is 2.85. The molecule has 19 heavy (non-hydrogen) atoms. The van der Waals surface area contributed by atoms with Gasteiger partial charge in [0.25, 0.3) is 0 Å². The van der Waals surface area contributed by atoms with E-state index in [0.717, 1.165) is 30.6 Å². The zero-order chi connectivity index (χ0) is 14.0. The van der Waals surface area contributed by atoms with Gasteiger partial charge in [0.15, 0.2) is 0 Å². The normalized spacial score (nSPS) is 32.2. The van der Waals surface area contributed by atoms with Crippen LogP contribution in [0.2, 0.25) is 0 Å². The quantitative estimate of drug-likeness (QED) is 0.797. The minimum atomic E-state index is 0.363. The lowest BCUT2D eigenvalue weighted by Gasteiger charge is -2.29. The van der Waals surface area contributed by atoms with Gasteiger partial charge in [-0.05, 0) is 68.9 Å². The van der Waals surface area contributed by atoms with E-state index in [9.17, 15) is 0 Å². The molecule has 2 fully saturated rings. The maximum absolute atomic E-state index is 6.25. The second-order valence-electron chi connectivity index (χ2n) is 8.51. The molecular weight excluding hydrogens is 232 g/mol. The molecule has 2 saturated carbocycles. The molecule has 0 amide bonds. The van der Waals surface area contributed by atoms with Crippen molar-refractivity contribution < 1.29 is 0 Å². The molecule has 2 aliphatic carbocycles. The minimum absolute atomic E-state index is 0.363. The number of rotatable bonds is 6. The molecule has 0 aromatic carbocycles. The van der Waals surface area contributed by atoms with Crippen molar-refractivity contribution in [2.24, 2.45) is 28.9 Å². The Morgan fingerprint density at radius 1 is 1.21 bits per heavy atom. The van der Waals surface area contributed by atoms with Crippen LogP contribution < -0.4 is 5.73 Å². The SMILES string of the molecule is CN(CCC(N)CC(C)(C)C)CC1CC2CCC1C2. The third-order valence-electron chi connectivity index (χ3n) is 5.19. The Hall–Kier alpha value is -0.0800. The molecule has 0 saturated heterocycles. The second-order valence-corrected chi connectivity index (χ2v) is 8.51. The van der Waals surface area contributed by atoms with Gasteiger partial charge in [0.2, 0.25) is 0 Å². The van der Waals surface area contributed by atoms with Crippen LogP contribution in [0.5, 0.6) is 0 Å². The highest BCUT2D eigenvalue weighted by Crippen LogP contribution is 2.48. The summed E-state index contributed by atoms with van der Waals surface area (Å²) < 4.78 is 0. The predicted octanol–water partition coefficient (Wildman–Crippen LogP) is 3.51. The van der Waals surface area contributed by atoms with Crippen molar-refractivity contribution in [3.63, 3.8) is 0 Å².